The number of nitrogens with one attached hydrogen (secondary N) is 1. The Hall–Kier alpha value is -1.70. The fourth-order valence-electron chi connectivity index (χ4n) is 3.29. The lowest BCUT2D eigenvalue weighted by atomic mass is 9.89. The molecular weight excluding hydrogens is 368 g/mol. The number of anilines is 1. The van der Waals surface area contributed by atoms with Crippen LogP contribution in [0.3, 0.4) is 0 Å². The van der Waals surface area contributed by atoms with Gasteiger partial charge in [-0.05, 0) is 68.1 Å². The van der Waals surface area contributed by atoms with Gasteiger partial charge in [-0.25, -0.2) is 8.42 Å². The van der Waals surface area contributed by atoms with Gasteiger partial charge in [0.2, 0.25) is 10.0 Å². The molecule has 1 N–H and O–H groups in total. The molecule has 2 heterocycles. The molecule has 0 unspecified atom stereocenters. The molecule has 1 aliphatic heterocycles. The average molecular weight is 393 g/mol. The SMILES string of the molecule is CS(=O)(=O)Nc1ccc(C(=O)C2CCN(CCc3cccs3)CC2)cc1. The van der Waals surface area contributed by atoms with Crippen LogP contribution in [0.4, 0.5) is 5.69 Å². The minimum absolute atomic E-state index is 0.0571. The van der Waals surface area contributed by atoms with Gasteiger partial charge in [0.15, 0.2) is 5.78 Å². The van der Waals surface area contributed by atoms with Crippen molar-refractivity contribution >= 4 is 32.8 Å². The number of hydrogen-bond acceptors (Lipinski definition) is 5. The molecule has 0 atom stereocenters. The highest BCUT2D eigenvalue weighted by atomic mass is 32.2. The molecule has 1 aliphatic rings. The van der Waals surface area contributed by atoms with Crippen molar-refractivity contribution < 1.29 is 13.2 Å². The van der Waals surface area contributed by atoms with E-state index in [0.29, 0.717) is 11.3 Å². The molecule has 1 aromatic carbocycles. The summed E-state index contributed by atoms with van der Waals surface area (Å²) in [7, 11) is -3.30. The Kier molecular flexibility index (Phi) is 6.11. The Morgan fingerprint density at radius 2 is 1.88 bits per heavy atom. The minimum atomic E-state index is -3.30. The predicted octanol–water partition coefficient (Wildman–Crippen LogP) is 3.26. The van der Waals surface area contributed by atoms with Crippen molar-refractivity contribution in [1.82, 2.24) is 4.90 Å². The van der Waals surface area contributed by atoms with Gasteiger partial charge in [0, 0.05) is 28.6 Å². The van der Waals surface area contributed by atoms with Crippen molar-refractivity contribution in [3.63, 3.8) is 0 Å². The van der Waals surface area contributed by atoms with Crippen LogP contribution >= 0.6 is 11.3 Å². The molecule has 0 aliphatic carbocycles. The van der Waals surface area contributed by atoms with E-state index in [0.717, 1.165) is 45.2 Å². The maximum absolute atomic E-state index is 12.7. The van der Waals surface area contributed by atoms with E-state index >= 15 is 0 Å². The van der Waals surface area contributed by atoms with E-state index in [4.69, 9.17) is 0 Å². The number of rotatable bonds is 7. The first-order valence-electron chi connectivity index (χ1n) is 8.77. The summed E-state index contributed by atoms with van der Waals surface area (Å²) in [5.74, 6) is 0.218. The zero-order chi connectivity index (χ0) is 18.6. The van der Waals surface area contributed by atoms with Crippen LogP contribution in [-0.4, -0.2) is 45.0 Å². The molecule has 26 heavy (non-hydrogen) atoms. The smallest absolute Gasteiger partial charge is 0.229 e. The zero-order valence-corrected chi connectivity index (χ0v) is 16.5. The van der Waals surface area contributed by atoms with E-state index in [1.54, 1.807) is 35.6 Å². The van der Waals surface area contributed by atoms with Crippen LogP contribution in [0.15, 0.2) is 41.8 Å². The third-order valence-corrected chi connectivity index (χ3v) is 6.23. The Morgan fingerprint density at radius 1 is 1.19 bits per heavy atom. The first kappa shape index (κ1) is 19.1. The molecule has 140 valence electrons. The first-order chi connectivity index (χ1) is 12.4. The maximum atomic E-state index is 12.7. The molecule has 1 fully saturated rings. The van der Waals surface area contributed by atoms with Gasteiger partial charge >= 0.3 is 0 Å². The fraction of sp³-hybridized carbons (Fsp3) is 0.421. The second-order valence-corrected chi connectivity index (χ2v) is 9.54. The van der Waals surface area contributed by atoms with Crippen LogP contribution in [0.1, 0.15) is 28.1 Å². The summed E-state index contributed by atoms with van der Waals surface area (Å²) in [4.78, 5) is 16.5. The van der Waals surface area contributed by atoms with Crippen molar-refractivity contribution in [2.45, 2.75) is 19.3 Å². The molecule has 0 bridgehead atoms. The number of benzene rings is 1. The van der Waals surface area contributed by atoms with E-state index in [1.165, 1.54) is 4.88 Å². The molecule has 0 amide bonds. The lowest BCUT2D eigenvalue weighted by Gasteiger charge is -2.31. The van der Waals surface area contributed by atoms with Gasteiger partial charge in [-0.2, -0.15) is 0 Å². The lowest BCUT2D eigenvalue weighted by Crippen LogP contribution is -2.37. The highest BCUT2D eigenvalue weighted by Crippen LogP contribution is 2.23. The van der Waals surface area contributed by atoms with Gasteiger partial charge < -0.3 is 4.90 Å². The van der Waals surface area contributed by atoms with E-state index in [1.807, 2.05) is 0 Å². The lowest BCUT2D eigenvalue weighted by molar-refractivity contribution is 0.0841. The number of thiophene rings is 1. The number of piperidine rings is 1. The van der Waals surface area contributed by atoms with Crippen molar-refractivity contribution in [3.05, 3.63) is 52.2 Å². The van der Waals surface area contributed by atoms with Crippen LogP contribution in [-0.2, 0) is 16.4 Å². The number of ketones is 1. The van der Waals surface area contributed by atoms with Gasteiger partial charge in [-0.1, -0.05) is 6.07 Å². The molecule has 3 rings (SSSR count). The minimum Gasteiger partial charge on any atom is -0.303 e. The topological polar surface area (TPSA) is 66.5 Å². The van der Waals surface area contributed by atoms with E-state index in [2.05, 4.69) is 27.1 Å². The summed E-state index contributed by atoms with van der Waals surface area (Å²) in [6, 6.07) is 11.0. The van der Waals surface area contributed by atoms with Gasteiger partial charge in [0.1, 0.15) is 0 Å². The molecule has 1 aromatic heterocycles. The van der Waals surface area contributed by atoms with E-state index in [9.17, 15) is 13.2 Å². The largest absolute Gasteiger partial charge is 0.303 e. The second-order valence-electron chi connectivity index (χ2n) is 6.76. The molecule has 0 radical (unpaired) electrons. The van der Waals surface area contributed by atoms with E-state index in [-0.39, 0.29) is 11.7 Å². The number of carbonyl (C=O) groups is 1. The summed E-state index contributed by atoms with van der Waals surface area (Å²) in [6.45, 7) is 2.96. The Balaban J connectivity index is 1.50. The number of likely N-dealkylation sites (tertiary alicyclic amines) is 1. The summed E-state index contributed by atoms with van der Waals surface area (Å²) in [5, 5.41) is 2.11. The van der Waals surface area contributed by atoms with Crippen LogP contribution in [0.2, 0.25) is 0 Å². The summed E-state index contributed by atoms with van der Waals surface area (Å²) < 4.78 is 24.9. The van der Waals surface area contributed by atoms with Gasteiger partial charge in [-0.3, -0.25) is 9.52 Å². The van der Waals surface area contributed by atoms with E-state index < -0.39 is 10.0 Å². The number of hydrogen-bond donors (Lipinski definition) is 1. The van der Waals surface area contributed by atoms with Gasteiger partial charge in [0.05, 0.1) is 6.26 Å². The molecule has 2 aromatic rings. The van der Waals surface area contributed by atoms with Crippen molar-refractivity contribution in [2.24, 2.45) is 5.92 Å². The summed E-state index contributed by atoms with van der Waals surface area (Å²) >= 11 is 1.80. The Labute approximate surface area is 159 Å². The highest BCUT2D eigenvalue weighted by molar-refractivity contribution is 7.92. The maximum Gasteiger partial charge on any atom is 0.229 e. The second kappa shape index (κ2) is 8.33. The van der Waals surface area contributed by atoms with Gasteiger partial charge in [0.25, 0.3) is 0 Å². The van der Waals surface area contributed by atoms with Crippen molar-refractivity contribution in [3.8, 4) is 0 Å². The summed E-state index contributed by atoms with van der Waals surface area (Å²) in [6.07, 6.45) is 3.95. The van der Waals surface area contributed by atoms with Crippen molar-refractivity contribution in [1.29, 1.82) is 0 Å². The van der Waals surface area contributed by atoms with Crippen LogP contribution in [0.25, 0.3) is 0 Å². The predicted molar refractivity (Wildman–Crippen MR) is 106 cm³/mol. The van der Waals surface area contributed by atoms with Crippen molar-refractivity contribution in [2.75, 3.05) is 30.6 Å². The quantitative estimate of drug-likeness (QED) is 0.735. The number of sulfonamides is 1. The molecule has 5 nitrogen and oxygen atoms in total. The summed E-state index contributed by atoms with van der Waals surface area (Å²) in [5.41, 5.74) is 1.13. The average Bonchev–Trinajstić information content (AvgIpc) is 3.13. The molecule has 0 spiro atoms. The molecule has 0 saturated carbocycles. The zero-order valence-electron chi connectivity index (χ0n) is 14.8. The molecule has 7 heteroatoms. The number of carbonyl (C=O) groups excluding carboxylic acids is 1. The standard InChI is InChI=1S/C19H24N2O3S2/c1-26(23,24)20-17-6-4-15(5-7-17)19(22)16-8-11-21(12-9-16)13-10-18-3-2-14-25-18/h2-7,14,16,20H,8-13H2,1H3. The monoisotopic (exact) mass is 392 g/mol. The fourth-order valence-corrected chi connectivity index (χ4v) is 4.56. The third-order valence-electron chi connectivity index (χ3n) is 4.69. The molecule has 1 saturated heterocycles. The number of nitrogens with zero attached hydrogens (tertiary/aromatic N) is 1. The number of Topliss-reactive ketones (excluding diaryl/α,β-unsaturated/α-hetero) is 1. The third kappa shape index (κ3) is 5.40. The highest BCUT2D eigenvalue weighted by Gasteiger charge is 2.25. The normalized spacial score (nSPS) is 16.5. The van der Waals surface area contributed by atoms with Crippen LogP contribution in [0, 0.1) is 5.92 Å². The van der Waals surface area contributed by atoms with Crippen LogP contribution < -0.4 is 4.72 Å². The van der Waals surface area contributed by atoms with Crippen LogP contribution in [0.5, 0.6) is 0 Å². The Morgan fingerprint density at radius 3 is 2.46 bits per heavy atom. The first-order valence-corrected chi connectivity index (χ1v) is 11.5. The van der Waals surface area contributed by atoms with Gasteiger partial charge in [-0.15, -0.1) is 11.3 Å². The molecular formula is C19H24N2O3S2. The Bertz CT molecular complexity index is 822.